The number of aryl methyl sites for hydroxylation is 1. The molecule has 1 aliphatic carbocycles. The molecule has 2 heteroatoms. The third kappa shape index (κ3) is 3.85. The van der Waals surface area contributed by atoms with Crippen molar-refractivity contribution < 1.29 is 0 Å². The van der Waals surface area contributed by atoms with Gasteiger partial charge in [0, 0.05) is 38.4 Å². The Morgan fingerprint density at radius 3 is 2.46 bits per heavy atom. The van der Waals surface area contributed by atoms with Crippen molar-refractivity contribution in [3.8, 4) is 0 Å². The highest BCUT2D eigenvalue weighted by Crippen LogP contribution is 2.32. The third-order valence-electron chi connectivity index (χ3n) is 6.24. The lowest BCUT2D eigenvalue weighted by atomic mass is 9.87. The van der Waals surface area contributed by atoms with Gasteiger partial charge in [0.1, 0.15) is 0 Å². The maximum Gasteiger partial charge on any atom is 0.0399 e. The van der Waals surface area contributed by atoms with Crippen molar-refractivity contribution in [2.75, 3.05) is 37.6 Å². The first kappa shape index (κ1) is 17.5. The van der Waals surface area contributed by atoms with E-state index < -0.39 is 0 Å². The van der Waals surface area contributed by atoms with E-state index in [0.29, 0.717) is 0 Å². The summed E-state index contributed by atoms with van der Waals surface area (Å²) in [5, 5.41) is 0. The number of rotatable bonds is 5. The topological polar surface area (TPSA) is 6.48 Å². The molecule has 0 saturated carbocycles. The summed E-state index contributed by atoms with van der Waals surface area (Å²) >= 11 is 0. The first-order valence-electron chi connectivity index (χ1n) is 9.80. The zero-order chi connectivity index (χ0) is 17.1. The Balaban J connectivity index is 1.55. The molecule has 24 heavy (non-hydrogen) atoms. The van der Waals surface area contributed by atoms with Crippen molar-refractivity contribution in [2.45, 2.75) is 40.5 Å². The molecule has 1 saturated heterocycles. The average molecular weight is 327 g/mol. The van der Waals surface area contributed by atoms with E-state index in [0.717, 1.165) is 30.8 Å². The summed E-state index contributed by atoms with van der Waals surface area (Å²) in [6, 6.07) is 6.71. The van der Waals surface area contributed by atoms with Crippen LogP contribution in [0.2, 0.25) is 0 Å². The van der Waals surface area contributed by atoms with Crippen molar-refractivity contribution in [3.05, 3.63) is 41.5 Å². The zero-order valence-electron chi connectivity index (χ0n) is 16.0. The molecule has 1 aromatic carbocycles. The van der Waals surface area contributed by atoms with E-state index in [1.165, 1.54) is 49.3 Å². The summed E-state index contributed by atoms with van der Waals surface area (Å²) < 4.78 is 0. The smallest absolute Gasteiger partial charge is 0.0399 e. The second kappa shape index (κ2) is 7.74. The van der Waals surface area contributed by atoms with E-state index in [1.54, 1.807) is 0 Å². The van der Waals surface area contributed by atoms with Gasteiger partial charge in [0.15, 0.2) is 0 Å². The van der Waals surface area contributed by atoms with Crippen LogP contribution in [0.3, 0.4) is 0 Å². The molecule has 3 rings (SSSR count). The number of nitrogens with zero attached hydrogens (tertiary/aromatic N) is 2. The lowest BCUT2D eigenvalue weighted by molar-refractivity contribution is 0.188. The van der Waals surface area contributed by atoms with Gasteiger partial charge < -0.3 is 4.90 Å². The van der Waals surface area contributed by atoms with E-state index in [1.807, 2.05) is 0 Å². The number of allylic oxidation sites excluding steroid dienone is 2. The first-order valence-corrected chi connectivity index (χ1v) is 9.80. The third-order valence-corrected chi connectivity index (χ3v) is 6.24. The Bertz CT molecular complexity index is 569. The molecule has 1 aromatic rings. The fraction of sp³-hybridized carbons (Fsp3) is 0.636. The van der Waals surface area contributed by atoms with Crippen molar-refractivity contribution in [1.82, 2.24) is 4.90 Å². The maximum atomic E-state index is 2.70. The number of hydrogen-bond acceptors (Lipinski definition) is 2. The van der Waals surface area contributed by atoms with Crippen LogP contribution in [-0.4, -0.2) is 37.6 Å². The predicted octanol–water partition coefficient (Wildman–Crippen LogP) is 4.66. The largest absolute Gasteiger partial charge is 0.369 e. The molecule has 0 spiro atoms. The molecular weight excluding hydrogens is 292 g/mol. The van der Waals surface area contributed by atoms with Crippen molar-refractivity contribution in [2.24, 2.45) is 17.8 Å². The molecule has 0 radical (unpaired) electrons. The number of hydrogen-bond donors (Lipinski definition) is 0. The quantitative estimate of drug-likeness (QED) is 0.726. The minimum atomic E-state index is 0.783. The van der Waals surface area contributed by atoms with Gasteiger partial charge in [-0.2, -0.15) is 0 Å². The van der Waals surface area contributed by atoms with Gasteiger partial charge in [-0.25, -0.2) is 0 Å². The van der Waals surface area contributed by atoms with Crippen LogP contribution in [-0.2, 0) is 0 Å². The normalized spacial score (nSPS) is 26.1. The minimum absolute atomic E-state index is 0.783. The summed E-state index contributed by atoms with van der Waals surface area (Å²) in [5.74, 6) is 2.42. The fourth-order valence-corrected chi connectivity index (χ4v) is 4.42. The minimum Gasteiger partial charge on any atom is -0.369 e. The zero-order valence-corrected chi connectivity index (χ0v) is 16.0. The van der Waals surface area contributed by atoms with Gasteiger partial charge in [0.2, 0.25) is 0 Å². The van der Waals surface area contributed by atoms with Crippen molar-refractivity contribution >= 4 is 5.69 Å². The van der Waals surface area contributed by atoms with Crippen LogP contribution < -0.4 is 4.90 Å². The Morgan fingerprint density at radius 2 is 1.83 bits per heavy atom. The SMILES string of the molecule is CCC(CN1CCN(c2cccc(C)c2C)CC1)C1C=CC(C)C1. The highest BCUT2D eigenvalue weighted by Gasteiger charge is 2.27. The number of benzene rings is 1. The molecule has 1 heterocycles. The molecule has 0 bridgehead atoms. The Morgan fingerprint density at radius 1 is 1.08 bits per heavy atom. The van der Waals surface area contributed by atoms with Crippen LogP contribution in [0.25, 0.3) is 0 Å². The van der Waals surface area contributed by atoms with Crippen LogP contribution >= 0.6 is 0 Å². The Kier molecular flexibility index (Phi) is 5.65. The lowest BCUT2D eigenvalue weighted by Gasteiger charge is -2.39. The summed E-state index contributed by atoms with van der Waals surface area (Å²) in [5.41, 5.74) is 4.29. The van der Waals surface area contributed by atoms with E-state index in [2.05, 4.69) is 67.8 Å². The summed E-state index contributed by atoms with van der Waals surface area (Å²) in [7, 11) is 0. The van der Waals surface area contributed by atoms with Gasteiger partial charge in [0.05, 0.1) is 0 Å². The van der Waals surface area contributed by atoms with Gasteiger partial charge in [0.25, 0.3) is 0 Å². The second-order valence-corrected chi connectivity index (χ2v) is 7.94. The Labute approximate surface area is 148 Å². The second-order valence-electron chi connectivity index (χ2n) is 7.94. The van der Waals surface area contributed by atoms with Gasteiger partial charge in [-0.15, -0.1) is 0 Å². The van der Waals surface area contributed by atoms with Crippen LogP contribution in [0.5, 0.6) is 0 Å². The van der Waals surface area contributed by atoms with E-state index in [9.17, 15) is 0 Å². The summed E-state index contributed by atoms with van der Waals surface area (Å²) in [6.07, 6.45) is 7.58. The molecule has 1 fully saturated rings. The summed E-state index contributed by atoms with van der Waals surface area (Å²) in [6.45, 7) is 15.2. The molecule has 0 N–H and O–H groups in total. The van der Waals surface area contributed by atoms with Crippen LogP contribution in [0.1, 0.15) is 37.8 Å². The molecule has 3 unspecified atom stereocenters. The molecule has 132 valence electrons. The van der Waals surface area contributed by atoms with Gasteiger partial charge >= 0.3 is 0 Å². The number of piperazine rings is 1. The van der Waals surface area contributed by atoms with Crippen LogP contribution in [0.4, 0.5) is 5.69 Å². The van der Waals surface area contributed by atoms with E-state index in [4.69, 9.17) is 0 Å². The van der Waals surface area contributed by atoms with Gasteiger partial charge in [-0.3, -0.25) is 4.90 Å². The molecule has 2 aliphatic rings. The Hall–Kier alpha value is -1.28. The monoisotopic (exact) mass is 326 g/mol. The molecular formula is C22H34N2. The predicted molar refractivity (Wildman–Crippen MR) is 105 cm³/mol. The van der Waals surface area contributed by atoms with E-state index in [-0.39, 0.29) is 0 Å². The van der Waals surface area contributed by atoms with E-state index >= 15 is 0 Å². The van der Waals surface area contributed by atoms with Crippen LogP contribution in [0.15, 0.2) is 30.4 Å². The van der Waals surface area contributed by atoms with Gasteiger partial charge in [-0.1, -0.05) is 44.6 Å². The van der Waals surface area contributed by atoms with Gasteiger partial charge in [-0.05, 0) is 55.2 Å². The van der Waals surface area contributed by atoms with Crippen LogP contribution in [0, 0.1) is 31.6 Å². The molecule has 0 aromatic heterocycles. The lowest BCUT2D eigenvalue weighted by Crippen LogP contribution is -2.48. The maximum absolute atomic E-state index is 2.70. The molecule has 3 atom stereocenters. The number of anilines is 1. The average Bonchev–Trinajstić information content (AvgIpc) is 3.02. The highest BCUT2D eigenvalue weighted by molar-refractivity contribution is 5.56. The standard InChI is InChI=1S/C22H34N2/c1-5-20(21-10-9-17(2)15-21)16-23-11-13-24(14-12-23)22-8-6-7-18(3)19(22)4/h6-10,17,20-21H,5,11-16H2,1-4H3. The first-order chi connectivity index (χ1) is 11.6. The van der Waals surface area contributed by atoms with Crippen molar-refractivity contribution in [1.29, 1.82) is 0 Å². The highest BCUT2D eigenvalue weighted by atomic mass is 15.3. The molecule has 2 nitrogen and oxygen atoms in total. The molecule has 0 amide bonds. The molecule has 1 aliphatic heterocycles. The fourth-order valence-electron chi connectivity index (χ4n) is 4.42. The van der Waals surface area contributed by atoms with Crippen molar-refractivity contribution in [3.63, 3.8) is 0 Å². The summed E-state index contributed by atoms with van der Waals surface area (Å²) in [4.78, 5) is 5.28.